The monoisotopic (exact) mass is 334 g/mol. The molecule has 4 nitrogen and oxygen atoms in total. The van der Waals surface area contributed by atoms with E-state index in [9.17, 15) is 9.59 Å². The number of hydrogen-bond acceptors (Lipinski definition) is 2. The Bertz CT molecular complexity index is 756. The highest BCUT2D eigenvalue weighted by Crippen LogP contribution is 2.03. The minimum Gasteiger partial charge on any atom is -0.338 e. The van der Waals surface area contributed by atoms with Crippen molar-refractivity contribution in [3.8, 4) is 11.8 Å². The van der Waals surface area contributed by atoms with Crippen molar-refractivity contribution >= 4 is 11.8 Å². The highest BCUT2D eigenvalue weighted by atomic mass is 16.2. The quantitative estimate of drug-likeness (QED) is 0.484. The van der Waals surface area contributed by atoms with Gasteiger partial charge in [-0.3, -0.25) is 4.79 Å². The molecule has 0 aliphatic heterocycles. The molecule has 0 aliphatic rings. The molecule has 128 valence electrons. The summed E-state index contributed by atoms with van der Waals surface area (Å²) in [5, 5.41) is 5.52. The Labute approximate surface area is 148 Å². The fourth-order valence-electron chi connectivity index (χ4n) is 2.26. The van der Waals surface area contributed by atoms with Gasteiger partial charge in [-0.15, -0.1) is 0 Å². The number of ketones is 1. The molecule has 0 heterocycles. The standard InChI is InChI=1S/C21H22N2O2/c1-17(24)20-13-11-19(12-14-20)10-6-16-23-21(25)22-15-5-9-18-7-3-2-4-8-18/h2-4,7-8,11-14H,5,9,15-16H2,1H3,(H2,22,23,25). The molecule has 0 saturated heterocycles. The third kappa shape index (κ3) is 6.92. The molecule has 2 aromatic carbocycles. The van der Waals surface area contributed by atoms with Gasteiger partial charge in [-0.25, -0.2) is 4.79 Å². The van der Waals surface area contributed by atoms with Crippen LogP contribution in [0.15, 0.2) is 54.6 Å². The first-order valence-corrected chi connectivity index (χ1v) is 8.30. The maximum Gasteiger partial charge on any atom is 0.315 e. The lowest BCUT2D eigenvalue weighted by molar-refractivity contribution is 0.101. The van der Waals surface area contributed by atoms with Crippen LogP contribution in [0.5, 0.6) is 0 Å². The Kier molecular flexibility index (Phi) is 7.27. The van der Waals surface area contributed by atoms with E-state index in [4.69, 9.17) is 0 Å². The Hall–Kier alpha value is -3.06. The van der Waals surface area contributed by atoms with Crippen molar-refractivity contribution in [3.63, 3.8) is 0 Å². The fourth-order valence-corrected chi connectivity index (χ4v) is 2.26. The van der Waals surface area contributed by atoms with Gasteiger partial charge >= 0.3 is 6.03 Å². The summed E-state index contributed by atoms with van der Waals surface area (Å²) in [4.78, 5) is 22.8. The number of benzene rings is 2. The number of rotatable bonds is 6. The van der Waals surface area contributed by atoms with Crippen molar-refractivity contribution in [1.29, 1.82) is 0 Å². The molecule has 0 spiro atoms. The van der Waals surface area contributed by atoms with Crippen LogP contribution in [0, 0.1) is 11.8 Å². The van der Waals surface area contributed by atoms with Gasteiger partial charge in [0.15, 0.2) is 5.78 Å². The summed E-state index contributed by atoms with van der Waals surface area (Å²) < 4.78 is 0. The molecule has 2 rings (SSSR count). The van der Waals surface area contributed by atoms with Crippen LogP contribution >= 0.6 is 0 Å². The average Bonchev–Trinajstić information content (AvgIpc) is 2.63. The van der Waals surface area contributed by atoms with Crippen molar-refractivity contribution in [2.75, 3.05) is 13.1 Å². The van der Waals surface area contributed by atoms with Gasteiger partial charge in [0.2, 0.25) is 0 Å². The molecule has 0 aliphatic carbocycles. The molecule has 4 heteroatoms. The molecule has 0 bridgehead atoms. The zero-order valence-corrected chi connectivity index (χ0v) is 14.3. The first-order valence-electron chi connectivity index (χ1n) is 8.30. The summed E-state index contributed by atoms with van der Waals surface area (Å²) in [6, 6.07) is 17.1. The van der Waals surface area contributed by atoms with E-state index in [1.54, 1.807) is 24.3 Å². The average molecular weight is 334 g/mol. The van der Waals surface area contributed by atoms with E-state index in [0.717, 1.165) is 18.4 Å². The lowest BCUT2D eigenvalue weighted by Gasteiger charge is -2.05. The molecule has 2 amide bonds. The second-order valence-electron chi connectivity index (χ2n) is 5.63. The Morgan fingerprint density at radius 3 is 2.36 bits per heavy atom. The largest absolute Gasteiger partial charge is 0.338 e. The van der Waals surface area contributed by atoms with Gasteiger partial charge in [-0.2, -0.15) is 0 Å². The molecule has 2 aromatic rings. The normalized spacial score (nSPS) is 9.64. The van der Waals surface area contributed by atoms with Gasteiger partial charge in [0.25, 0.3) is 0 Å². The predicted molar refractivity (Wildman–Crippen MR) is 99.5 cm³/mol. The van der Waals surface area contributed by atoms with Crippen LogP contribution in [0.25, 0.3) is 0 Å². The number of nitrogens with one attached hydrogen (secondary N) is 2. The second-order valence-corrected chi connectivity index (χ2v) is 5.63. The lowest BCUT2D eigenvalue weighted by Crippen LogP contribution is -2.36. The number of carbonyl (C=O) groups is 2. The first-order chi connectivity index (χ1) is 12.1. The van der Waals surface area contributed by atoms with E-state index in [1.807, 2.05) is 18.2 Å². The zero-order chi connectivity index (χ0) is 17.9. The van der Waals surface area contributed by atoms with E-state index in [1.165, 1.54) is 12.5 Å². The van der Waals surface area contributed by atoms with Crippen LogP contribution in [0.1, 0.15) is 34.8 Å². The van der Waals surface area contributed by atoms with Crippen molar-refractivity contribution < 1.29 is 9.59 Å². The maximum atomic E-state index is 11.7. The van der Waals surface area contributed by atoms with Gasteiger partial charge in [-0.1, -0.05) is 54.3 Å². The Balaban J connectivity index is 1.63. The number of aryl methyl sites for hydroxylation is 1. The topological polar surface area (TPSA) is 58.2 Å². The van der Waals surface area contributed by atoms with Crippen LogP contribution in [0.4, 0.5) is 4.79 Å². The fraction of sp³-hybridized carbons (Fsp3) is 0.238. The van der Waals surface area contributed by atoms with Gasteiger partial charge in [0.1, 0.15) is 0 Å². The molecule has 2 N–H and O–H groups in total. The Morgan fingerprint density at radius 2 is 1.68 bits per heavy atom. The van der Waals surface area contributed by atoms with Crippen molar-refractivity contribution in [1.82, 2.24) is 10.6 Å². The number of carbonyl (C=O) groups excluding carboxylic acids is 2. The van der Waals surface area contributed by atoms with Crippen molar-refractivity contribution in [2.45, 2.75) is 19.8 Å². The number of Topliss-reactive ketones (excluding diaryl/α,β-unsaturated/α-hetero) is 1. The third-order valence-electron chi connectivity index (χ3n) is 3.63. The molecule has 0 radical (unpaired) electrons. The number of amides is 2. The summed E-state index contributed by atoms with van der Waals surface area (Å²) in [7, 11) is 0. The SMILES string of the molecule is CC(=O)c1ccc(C#CCNC(=O)NCCCc2ccccc2)cc1. The molecular formula is C21H22N2O2. The summed E-state index contributed by atoms with van der Waals surface area (Å²) >= 11 is 0. The molecule has 0 atom stereocenters. The van der Waals surface area contributed by atoms with Gasteiger partial charge in [0, 0.05) is 17.7 Å². The van der Waals surface area contributed by atoms with Crippen LogP contribution in [-0.4, -0.2) is 24.9 Å². The first kappa shape index (κ1) is 18.3. The van der Waals surface area contributed by atoms with E-state index < -0.39 is 0 Å². The van der Waals surface area contributed by atoms with E-state index >= 15 is 0 Å². The smallest absolute Gasteiger partial charge is 0.315 e. The highest BCUT2D eigenvalue weighted by molar-refractivity contribution is 5.94. The minimum absolute atomic E-state index is 0.0325. The van der Waals surface area contributed by atoms with Crippen molar-refractivity contribution in [2.24, 2.45) is 0 Å². The van der Waals surface area contributed by atoms with Crippen LogP contribution in [-0.2, 0) is 6.42 Å². The van der Waals surface area contributed by atoms with Gasteiger partial charge < -0.3 is 10.6 Å². The van der Waals surface area contributed by atoms with E-state index in [-0.39, 0.29) is 18.4 Å². The Morgan fingerprint density at radius 1 is 0.960 bits per heavy atom. The van der Waals surface area contributed by atoms with Crippen LogP contribution in [0.2, 0.25) is 0 Å². The van der Waals surface area contributed by atoms with Gasteiger partial charge in [-0.05, 0) is 37.5 Å². The number of urea groups is 1. The summed E-state index contributed by atoms with van der Waals surface area (Å²) in [5.41, 5.74) is 2.75. The molecule has 0 aromatic heterocycles. The maximum absolute atomic E-state index is 11.7. The van der Waals surface area contributed by atoms with Gasteiger partial charge in [0.05, 0.1) is 6.54 Å². The lowest BCUT2D eigenvalue weighted by atomic mass is 10.1. The molecule has 0 saturated carbocycles. The summed E-state index contributed by atoms with van der Waals surface area (Å²) in [6.45, 7) is 2.43. The number of hydrogen-bond donors (Lipinski definition) is 2. The second kappa shape index (κ2) is 9.94. The predicted octanol–water partition coefficient (Wildman–Crippen LogP) is 3.17. The zero-order valence-electron chi connectivity index (χ0n) is 14.3. The minimum atomic E-state index is -0.214. The van der Waals surface area contributed by atoms with E-state index in [0.29, 0.717) is 12.1 Å². The molecular weight excluding hydrogens is 312 g/mol. The summed E-state index contributed by atoms with van der Waals surface area (Å²) in [6.07, 6.45) is 1.84. The third-order valence-corrected chi connectivity index (χ3v) is 3.63. The van der Waals surface area contributed by atoms with Crippen LogP contribution in [0.3, 0.4) is 0 Å². The molecule has 0 unspecified atom stereocenters. The van der Waals surface area contributed by atoms with Crippen LogP contribution < -0.4 is 10.6 Å². The molecule has 0 fully saturated rings. The highest BCUT2D eigenvalue weighted by Gasteiger charge is 1.98. The van der Waals surface area contributed by atoms with E-state index in [2.05, 4.69) is 34.6 Å². The molecule has 25 heavy (non-hydrogen) atoms. The summed E-state index contributed by atoms with van der Waals surface area (Å²) in [5.74, 6) is 5.87. The van der Waals surface area contributed by atoms with Crippen molar-refractivity contribution in [3.05, 3.63) is 71.3 Å².